The topological polar surface area (TPSA) is 119 Å². The molecular formula is C25H22N2O7S. The molecule has 180 valence electrons. The summed E-state index contributed by atoms with van der Waals surface area (Å²) in [5.74, 6) is -1.67. The maximum Gasteiger partial charge on any atom is 0.339 e. The molecule has 1 aliphatic rings. The van der Waals surface area contributed by atoms with E-state index in [1.165, 1.54) is 35.2 Å². The number of esters is 1. The molecular weight excluding hydrogens is 472 g/mol. The second-order valence-corrected chi connectivity index (χ2v) is 9.47. The number of amides is 2. The Morgan fingerprint density at radius 1 is 1.00 bits per heavy atom. The molecule has 1 aliphatic heterocycles. The standard InChI is InChI=1S/C25H22N2O7S/c1-16-7-8-17(2)22(13-16)35(31,32)34-19-11-9-18(10-12-19)25(30)33-15-24(29)27-14-23(28)26-20-5-3-4-6-21(20)27/h3-13H,14-15H2,1-2H3,(H,26,28). The van der Waals surface area contributed by atoms with Crippen LogP contribution >= 0.6 is 0 Å². The van der Waals surface area contributed by atoms with Gasteiger partial charge in [-0.05, 0) is 67.4 Å². The monoisotopic (exact) mass is 494 g/mol. The molecule has 0 saturated heterocycles. The first-order valence-corrected chi connectivity index (χ1v) is 12.0. The van der Waals surface area contributed by atoms with Crippen molar-refractivity contribution in [1.82, 2.24) is 0 Å². The minimum absolute atomic E-state index is 0.0227. The van der Waals surface area contributed by atoms with E-state index >= 15 is 0 Å². The second-order valence-electron chi connectivity index (χ2n) is 7.95. The number of hydrogen-bond acceptors (Lipinski definition) is 7. The van der Waals surface area contributed by atoms with Crippen LogP contribution in [0.5, 0.6) is 5.75 Å². The minimum atomic E-state index is -4.06. The first kappa shape index (κ1) is 24.0. The van der Waals surface area contributed by atoms with Crippen molar-refractivity contribution in [1.29, 1.82) is 0 Å². The van der Waals surface area contributed by atoms with E-state index in [4.69, 9.17) is 8.92 Å². The molecule has 1 N–H and O–H groups in total. The van der Waals surface area contributed by atoms with Crippen LogP contribution in [0.25, 0.3) is 0 Å². The van der Waals surface area contributed by atoms with E-state index < -0.39 is 28.6 Å². The van der Waals surface area contributed by atoms with Crippen molar-refractivity contribution in [3.05, 3.63) is 83.4 Å². The maximum absolute atomic E-state index is 12.6. The molecule has 4 rings (SSSR count). The van der Waals surface area contributed by atoms with E-state index in [0.717, 1.165) is 5.56 Å². The average molecular weight is 495 g/mol. The molecule has 0 unspecified atom stereocenters. The lowest BCUT2D eigenvalue weighted by atomic mass is 10.2. The molecule has 0 spiro atoms. The van der Waals surface area contributed by atoms with Crippen LogP contribution in [0, 0.1) is 13.8 Å². The van der Waals surface area contributed by atoms with E-state index in [0.29, 0.717) is 16.9 Å². The SMILES string of the molecule is Cc1ccc(C)c(S(=O)(=O)Oc2ccc(C(=O)OCC(=O)N3CC(=O)Nc4ccccc43)cc2)c1. The van der Waals surface area contributed by atoms with Crippen LogP contribution in [-0.4, -0.2) is 39.4 Å². The van der Waals surface area contributed by atoms with Gasteiger partial charge in [-0.15, -0.1) is 0 Å². The summed E-state index contributed by atoms with van der Waals surface area (Å²) in [7, 11) is -4.06. The van der Waals surface area contributed by atoms with Crippen LogP contribution in [0.4, 0.5) is 11.4 Å². The lowest BCUT2D eigenvalue weighted by molar-refractivity contribution is -0.124. The molecule has 0 atom stereocenters. The molecule has 0 fully saturated rings. The maximum atomic E-state index is 12.6. The number of nitrogens with one attached hydrogen (secondary N) is 1. The van der Waals surface area contributed by atoms with Crippen molar-refractivity contribution in [2.45, 2.75) is 18.7 Å². The first-order chi connectivity index (χ1) is 16.6. The van der Waals surface area contributed by atoms with Gasteiger partial charge >= 0.3 is 16.1 Å². The summed E-state index contributed by atoms with van der Waals surface area (Å²) in [5.41, 5.74) is 2.44. The minimum Gasteiger partial charge on any atom is -0.452 e. The van der Waals surface area contributed by atoms with E-state index in [1.54, 1.807) is 50.2 Å². The average Bonchev–Trinajstić information content (AvgIpc) is 2.83. The number of carbonyl (C=O) groups excluding carboxylic acids is 3. The smallest absolute Gasteiger partial charge is 0.339 e. The van der Waals surface area contributed by atoms with Crippen molar-refractivity contribution >= 4 is 39.3 Å². The highest BCUT2D eigenvalue weighted by Crippen LogP contribution is 2.29. The molecule has 0 saturated carbocycles. The summed E-state index contributed by atoms with van der Waals surface area (Å²) in [6, 6.07) is 17.2. The Hall–Kier alpha value is -4.18. The Balaban J connectivity index is 1.39. The molecule has 9 nitrogen and oxygen atoms in total. The highest BCUT2D eigenvalue weighted by Gasteiger charge is 2.27. The van der Waals surface area contributed by atoms with Gasteiger partial charge in [-0.1, -0.05) is 24.3 Å². The quantitative estimate of drug-likeness (QED) is 0.413. The number of carbonyl (C=O) groups is 3. The van der Waals surface area contributed by atoms with Crippen molar-refractivity contribution in [3.8, 4) is 5.75 Å². The Morgan fingerprint density at radius 3 is 2.46 bits per heavy atom. The number of ether oxygens (including phenoxy) is 1. The van der Waals surface area contributed by atoms with Crippen molar-refractivity contribution in [2.24, 2.45) is 0 Å². The fraction of sp³-hybridized carbons (Fsp3) is 0.160. The third-order valence-electron chi connectivity index (χ3n) is 5.31. The Labute approximate surface area is 202 Å². The summed E-state index contributed by atoms with van der Waals surface area (Å²) in [4.78, 5) is 38.2. The molecule has 3 aromatic carbocycles. The number of fused-ring (bicyclic) bond motifs is 1. The van der Waals surface area contributed by atoms with Gasteiger partial charge in [-0.25, -0.2) is 4.79 Å². The van der Waals surface area contributed by atoms with Gasteiger partial charge in [0.05, 0.1) is 16.9 Å². The van der Waals surface area contributed by atoms with Crippen molar-refractivity contribution < 1.29 is 31.7 Å². The van der Waals surface area contributed by atoms with Crippen LogP contribution < -0.4 is 14.4 Å². The molecule has 2 amide bonds. The predicted octanol–water partition coefficient (Wildman–Crippen LogP) is 3.21. The van der Waals surface area contributed by atoms with E-state index in [2.05, 4.69) is 5.32 Å². The molecule has 3 aromatic rings. The van der Waals surface area contributed by atoms with E-state index in [1.807, 2.05) is 0 Å². The fourth-order valence-electron chi connectivity index (χ4n) is 3.54. The third kappa shape index (κ3) is 5.33. The number of rotatable bonds is 6. The lowest BCUT2D eigenvalue weighted by Gasteiger charge is -2.28. The van der Waals surface area contributed by atoms with Crippen LogP contribution in [0.2, 0.25) is 0 Å². The summed E-state index contributed by atoms with van der Waals surface area (Å²) in [5, 5.41) is 2.68. The fourth-order valence-corrected chi connectivity index (χ4v) is 4.79. The van der Waals surface area contributed by atoms with Crippen LogP contribution in [0.1, 0.15) is 21.5 Å². The largest absolute Gasteiger partial charge is 0.452 e. The molecule has 0 bridgehead atoms. The number of anilines is 2. The number of para-hydroxylation sites is 2. The summed E-state index contributed by atoms with van der Waals surface area (Å²) < 4.78 is 35.6. The normalized spacial score (nSPS) is 13.0. The van der Waals surface area contributed by atoms with E-state index in [-0.39, 0.29) is 28.7 Å². The zero-order valence-electron chi connectivity index (χ0n) is 19.0. The zero-order valence-corrected chi connectivity index (χ0v) is 19.8. The highest BCUT2D eigenvalue weighted by molar-refractivity contribution is 7.87. The molecule has 0 radical (unpaired) electrons. The summed E-state index contributed by atoms with van der Waals surface area (Å²) >= 11 is 0. The summed E-state index contributed by atoms with van der Waals surface area (Å²) in [6.45, 7) is 2.70. The summed E-state index contributed by atoms with van der Waals surface area (Å²) in [6.07, 6.45) is 0. The Morgan fingerprint density at radius 2 is 1.71 bits per heavy atom. The highest BCUT2D eigenvalue weighted by atomic mass is 32.2. The predicted molar refractivity (Wildman–Crippen MR) is 128 cm³/mol. The van der Waals surface area contributed by atoms with Crippen molar-refractivity contribution in [3.63, 3.8) is 0 Å². The van der Waals surface area contributed by atoms with Gasteiger partial charge in [-0.2, -0.15) is 8.42 Å². The van der Waals surface area contributed by atoms with Crippen LogP contribution in [0.3, 0.4) is 0 Å². The van der Waals surface area contributed by atoms with Gasteiger partial charge in [0.1, 0.15) is 17.2 Å². The van der Waals surface area contributed by atoms with Gasteiger partial charge in [0.15, 0.2) is 6.61 Å². The van der Waals surface area contributed by atoms with Gasteiger partial charge < -0.3 is 14.2 Å². The van der Waals surface area contributed by atoms with Gasteiger partial charge in [0.2, 0.25) is 5.91 Å². The number of benzene rings is 3. The van der Waals surface area contributed by atoms with Gasteiger partial charge in [0.25, 0.3) is 5.91 Å². The van der Waals surface area contributed by atoms with E-state index in [9.17, 15) is 22.8 Å². The number of hydrogen-bond donors (Lipinski definition) is 1. The van der Waals surface area contributed by atoms with Crippen molar-refractivity contribution in [2.75, 3.05) is 23.4 Å². The number of aryl methyl sites for hydroxylation is 2. The molecule has 10 heteroatoms. The lowest BCUT2D eigenvalue weighted by Crippen LogP contribution is -2.44. The van der Waals surface area contributed by atoms with Crippen LogP contribution in [0.15, 0.2) is 71.6 Å². The molecule has 35 heavy (non-hydrogen) atoms. The van der Waals surface area contributed by atoms with Gasteiger partial charge in [-0.3, -0.25) is 14.5 Å². The Kier molecular flexibility index (Phi) is 6.57. The first-order valence-electron chi connectivity index (χ1n) is 10.6. The molecule has 1 heterocycles. The third-order valence-corrected chi connectivity index (χ3v) is 6.70. The second kappa shape index (κ2) is 9.59. The number of nitrogens with zero attached hydrogens (tertiary/aromatic N) is 1. The molecule has 0 aromatic heterocycles. The molecule has 0 aliphatic carbocycles. The van der Waals surface area contributed by atoms with Gasteiger partial charge in [0, 0.05) is 0 Å². The van der Waals surface area contributed by atoms with Crippen LogP contribution in [-0.2, 0) is 24.4 Å². The Bertz CT molecular complexity index is 1420. The zero-order chi connectivity index (χ0) is 25.2.